The summed E-state index contributed by atoms with van der Waals surface area (Å²) in [4.78, 5) is 16.3. The van der Waals surface area contributed by atoms with Crippen LogP contribution in [-0.2, 0) is 0 Å². The van der Waals surface area contributed by atoms with Crippen LogP contribution in [0.4, 0.5) is 5.69 Å². The summed E-state index contributed by atoms with van der Waals surface area (Å²) in [5.74, 6) is 1.00. The Kier molecular flexibility index (Phi) is 5.18. The van der Waals surface area contributed by atoms with Crippen molar-refractivity contribution in [2.45, 2.75) is 26.2 Å². The minimum atomic E-state index is 0.217. The molecule has 20 heavy (non-hydrogen) atoms. The van der Waals surface area contributed by atoms with Crippen LogP contribution in [0.1, 0.15) is 36.5 Å². The minimum absolute atomic E-state index is 0.217. The minimum Gasteiger partial charge on any atom is -0.374 e. The van der Waals surface area contributed by atoms with E-state index in [9.17, 15) is 4.79 Å². The van der Waals surface area contributed by atoms with Crippen molar-refractivity contribution in [1.29, 1.82) is 0 Å². The lowest BCUT2D eigenvalue weighted by Gasteiger charge is -2.32. The van der Waals surface area contributed by atoms with E-state index in [0.717, 1.165) is 18.0 Å². The predicted molar refractivity (Wildman–Crippen MR) is 84.6 cm³/mol. The van der Waals surface area contributed by atoms with Crippen molar-refractivity contribution < 1.29 is 4.79 Å². The van der Waals surface area contributed by atoms with Gasteiger partial charge in [-0.15, -0.1) is 0 Å². The molecule has 0 radical (unpaired) electrons. The molecule has 0 bridgehead atoms. The van der Waals surface area contributed by atoms with Gasteiger partial charge in [0.25, 0.3) is 0 Å². The normalized spacial score (nSPS) is 17.1. The van der Waals surface area contributed by atoms with Crippen molar-refractivity contribution in [3.05, 3.63) is 29.8 Å². The fraction of sp³-hybridized carbons (Fsp3) is 0.588. The third-order valence-corrected chi connectivity index (χ3v) is 4.32. The van der Waals surface area contributed by atoms with Gasteiger partial charge < -0.3 is 9.80 Å². The van der Waals surface area contributed by atoms with E-state index in [1.165, 1.54) is 31.6 Å². The first kappa shape index (κ1) is 15.0. The summed E-state index contributed by atoms with van der Waals surface area (Å²) in [6.45, 7) is 5.43. The molecule has 0 aromatic heterocycles. The van der Waals surface area contributed by atoms with Crippen LogP contribution in [0.25, 0.3) is 0 Å². The van der Waals surface area contributed by atoms with Crippen LogP contribution in [0, 0.1) is 5.92 Å². The number of Topliss-reactive ketones (excluding diaryl/α,β-unsaturated/α-hetero) is 1. The van der Waals surface area contributed by atoms with Gasteiger partial charge in [-0.2, -0.15) is 0 Å². The van der Waals surface area contributed by atoms with Crippen molar-refractivity contribution >= 4 is 11.5 Å². The summed E-state index contributed by atoms with van der Waals surface area (Å²) in [5.41, 5.74) is 2.03. The van der Waals surface area contributed by atoms with Gasteiger partial charge in [0.05, 0.1) is 0 Å². The first-order valence-corrected chi connectivity index (χ1v) is 7.63. The highest BCUT2D eigenvalue weighted by Gasteiger charge is 2.18. The molecule has 0 unspecified atom stereocenters. The predicted octanol–water partition coefficient (Wildman–Crippen LogP) is 3.06. The van der Waals surface area contributed by atoms with Gasteiger partial charge in [-0.25, -0.2) is 0 Å². The van der Waals surface area contributed by atoms with Crippen LogP contribution in [0.5, 0.6) is 0 Å². The van der Waals surface area contributed by atoms with Gasteiger partial charge in [0.1, 0.15) is 0 Å². The Balaban J connectivity index is 1.92. The van der Waals surface area contributed by atoms with Crippen molar-refractivity contribution in [3.8, 4) is 0 Å². The Labute approximate surface area is 122 Å². The number of hydrogen-bond donors (Lipinski definition) is 0. The van der Waals surface area contributed by atoms with Crippen molar-refractivity contribution in [3.63, 3.8) is 0 Å². The maximum absolute atomic E-state index is 11.6. The second kappa shape index (κ2) is 6.89. The van der Waals surface area contributed by atoms with Gasteiger partial charge in [0.2, 0.25) is 0 Å². The van der Waals surface area contributed by atoms with E-state index in [-0.39, 0.29) is 5.78 Å². The number of ketones is 1. The first-order chi connectivity index (χ1) is 9.60. The number of benzene rings is 1. The number of anilines is 1. The molecule has 0 spiro atoms. The molecule has 1 aromatic rings. The van der Waals surface area contributed by atoms with Crippen LogP contribution in [-0.4, -0.2) is 44.4 Å². The number of piperidine rings is 1. The molecule has 3 nitrogen and oxygen atoms in total. The smallest absolute Gasteiger partial charge is 0.162 e. The fourth-order valence-electron chi connectivity index (χ4n) is 2.84. The van der Waals surface area contributed by atoms with Gasteiger partial charge in [-0.1, -0.05) is 6.92 Å². The van der Waals surface area contributed by atoms with E-state index in [1.807, 2.05) is 19.1 Å². The zero-order valence-electron chi connectivity index (χ0n) is 12.9. The Morgan fingerprint density at radius 1 is 1.25 bits per heavy atom. The molecular weight excluding hydrogens is 248 g/mol. The Hall–Kier alpha value is -1.35. The fourth-order valence-corrected chi connectivity index (χ4v) is 2.84. The first-order valence-electron chi connectivity index (χ1n) is 7.63. The molecule has 0 aliphatic carbocycles. The van der Waals surface area contributed by atoms with Gasteiger partial charge in [0.15, 0.2) is 5.78 Å². The average Bonchev–Trinajstić information content (AvgIpc) is 2.49. The molecule has 1 saturated heterocycles. The lowest BCUT2D eigenvalue weighted by Crippen LogP contribution is -2.35. The van der Waals surface area contributed by atoms with Gasteiger partial charge >= 0.3 is 0 Å². The van der Waals surface area contributed by atoms with E-state index in [1.54, 1.807) is 0 Å². The molecule has 2 rings (SSSR count). The van der Waals surface area contributed by atoms with Gasteiger partial charge in [-0.05, 0) is 63.2 Å². The Morgan fingerprint density at radius 2 is 1.85 bits per heavy atom. The molecule has 3 heteroatoms. The zero-order chi connectivity index (χ0) is 14.5. The van der Waals surface area contributed by atoms with Crippen LogP contribution in [0.15, 0.2) is 24.3 Å². The molecule has 0 amide bonds. The summed E-state index contributed by atoms with van der Waals surface area (Å²) in [6, 6.07) is 8.04. The number of likely N-dealkylation sites (tertiary alicyclic amines) is 1. The van der Waals surface area contributed by atoms with E-state index in [0.29, 0.717) is 6.42 Å². The van der Waals surface area contributed by atoms with E-state index >= 15 is 0 Å². The van der Waals surface area contributed by atoms with E-state index in [4.69, 9.17) is 0 Å². The van der Waals surface area contributed by atoms with Crippen molar-refractivity contribution in [2.24, 2.45) is 5.92 Å². The van der Waals surface area contributed by atoms with Crippen LogP contribution in [0.3, 0.4) is 0 Å². The molecule has 0 atom stereocenters. The Bertz CT molecular complexity index is 433. The number of hydrogen-bond acceptors (Lipinski definition) is 3. The van der Waals surface area contributed by atoms with Crippen LogP contribution in [0.2, 0.25) is 0 Å². The number of rotatable bonds is 5. The van der Waals surface area contributed by atoms with Gasteiger partial charge in [-0.3, -0.25) is 4.79 Å². The molecule has 1 heterocycles. The van der Waals surface area contributed by atoms with Crippen molar-refractivity contribution in [1.82, 2.24) is 4.90 Å². The second-order valence-corrected chi connectivity index (χ2v) is 5.95. The molecule has 110 valence electrons. The van der Waals surface area contributed by atoms with Crippen molar-refractivity contribution in [2.75, 3.05) is 38.6 Å². The summed E-state index contributed by atoms with van der Waals surface area (Å²) in [5, 5.41) is 0. The number of nitrogens with zero attached hydrogens (tertiary/aromatic N) is 2. The highest BCUT2D eigenvalue weighted by molar-refractivity contribution is 5.96. The molecule has 1 aromatic carbocycles. The van der Waals surface area contributed by atoms with Crippen LogP contribution >= 0.6 is 0 Å². The van der Waals surface area contributed by atoms with E-state index in [2.05, 4.69) is 36.0 Å². The van der Waals surface area contributed by atoms with E-state index < -0.39 is 0 Å². The lowest BCUT2D eigenvalue weighted by atomic mass is 9.96. The third-order valence-electron chi connectivity index (χ3n) is 4.32. The number of carbonyl (C=O) groups excluding carboxylic acids is 1. The topological polar surface area (TPSA) is 23.6 Å². The number of carbonyl (C=O) groups is 1. The quantitative estimate of drug-likeness (QED) is 0.771. The molecule has 0 N–H and O–H groups in total. The van der Waals surface area contributed by atoms with Gasteiger partial charge in [0, 0.05) is 31.3 Å². The largest absolute Gasteiger partial charge is 0.374 e. The summed E-state index contributed by atoms with van der Waals surface area (Å²) < 4.78 is 0. The highest BCUT2D eigenvalue weighted by atomic mass is 16.1. The SMILES string of the molecule is CCC(=O)c1ccc(N(C)CC2CCN(C)CC2)cc1. The second-order valence-electron chi connectivity index (χ2n) is 5.95. The molecule has 1 aliphatic rings. The Morgan fingerprint density at radius 3 is 2.40 bits per heavy atom. The maximum atomic E-state index is 11.6. The molecule has 0 saturated carbocycles. The molecule has 1 aliphatic heterocycles. The lowest BCUT2D eigenvalue weighted by molar-refractivity contribution is 0.0988. The highest BCUT2D eigenvalue weighted by Crippen LogP contribution is 2.21. The zero-order valence-corrected chi connectivity index (χ0v) is 12.9. The summed E-state index contributed by atoms with van der Waals surface area (Å²) >= 11 is 0. The standard InChI is InChI=1S/C17H26N2O/c1-4-17(20)15-5-7-16(8-6-15)19(3)13-14-9-11-18(2)12-10-14/h5-8,14H,4,9-13H2,1-3H3. The van der Waals surface area contributed by atoms with Crippen LogP contribution < -0.4 is 4.90 Å². The summed E-state index contributed by atoms with van der Waals surface area (Å²) in [7, 11) is 4.35. The maximum Gasteiger partial charge on any atom is 0.162 e. The summed E-state index contributed by atoms with van der Waals surface area (Å²) in [6.07, 6.45) is 3.14. The third kappa shape index (κ3) is 3.83. The molecular formula is C17H26N2O. The molecule has 1 fully saturated rings. The monoisotopic (exact) mass is 274 g/mol. The average molecular weight is 274 g/mol.